The number of carbonyl (C=O) groups excluding carboxylic acids is 2. The molecule has 0 N–H and O–H groups in total. The van der Waals surface area contributed by atoms with Gasteiger partial charge in [0.25, 0.3) is 0 Å². The molecule has 0 aliphatic carbocycles. The fraction of sp³-hybridized carbons (Fsp3) is 0.900. The van der Waals surface area contributed by atoms with Crippen LogP contribution in [0.5, 0.6) is 0 Å². The highest BCUT2D eigenvalue weighted by atomic mass is 17.2. The van der Waals surface area contributed by atoms with Crippen molar-refractivity contribution in [1.29, 1.82) is 0 Å². The van der Waals surface area contributed by atoms with E-state index in [0.717, 1.165) is 6.42 Å². The van der Waals surface area contributed by atoms with Crippen LogP contribution in [0.15, 0.2) is 0 Å². The smallest absolute Gasteiger partial charge is 0.430 e. The fourth-order valence-electron chi connectivity index (χ4n) is 1.56. The Balaban J connectivity index is 3.71. The average Bonchev–Trinajstić information content (AvgIpc) is 2.68. The van der Waals surface area contributed by atoms with E-state index in [9.17, 15) is 9.59 Å². The van der Waals surface area contributed by atoms with Gasteiger partial charge in [0.1, 0.15) is 24.4 Å². The molecule has 1 atom stereocenters. The van der Waals surface area contributed by atoms with Gasteiger partial charge in [-0.1, -0.05) is 13.8 Å². The van der Waals surface area contributed by atoms with Gasteiger partial charge in [-0.2, -0.15) is 9.78 Å². The molecular weight excluding hydrogens is 400 g/mol. The maximum Gasteiger partial charge on any atom is 0.540 e. The summed E-state index contributed by atoms with van der Waals surface area (Å²) >= 11 is 0. The summed E-state index contributed by atoms with van der Waals surface area (Å²) in [7, 11) is 0. The molecule has 1 unspecified atom stereocenters. The first-order valence-corrected chi connectivity index (χ1v) is 10.2. The Morgan fingerprint density at radius 3 is 1.60 bits per heavy atom. The van der Waals surface area contributed by atoms with E-state index >= 15 is 0 Å². The third-order valence-corrected chi connectivity index (χ3v) is 3.73. The normalized spacial score (nSPS) is 12.9. The van der Waals surface area contributed by atoms with Gasteiger partial charge in [0.05, 0.1) is 26.4 Å². The van der Waals surface area contributed by atoms with Crippen LogP contribution in [0.1, 0.15) is 61.3 Å². The van der Waals surface area contributed by atoms with E-state index in [2.05, 4.69) is 9.78 Å². The minimum Gasteiger partial charge on any atom is -0.430 e. The number of ether oxygens (including phenoxy) is 4. The van der Waals surface area contributed by atoms with Crippen molar-refractivity contribution < 1.29 is 48.1 Å². The monoisotopic (exact) mass is 438 g/mol. The topological polar surface area (TPSA) is 108 Å². The van der Waals surface area contributed by atoms with Crippen LogP contribution in [0.25, 0.3) is 0 Å². The second-order valence-electron chi connectivity index (χ2n) is 8.18. The Bertz CT molecular complexity index is 473. The summed E-state index contributed by atoms with van der Waals surface area (Å²) < 4.78 is 20.6. The molecular formula is C20H38O10. The molecule has 0 aromatic heterocycles. The third kappa shape index (κ3) is 17.3. The van der Waals surface area contributed by atoms with Gasteiger partial charge in [-0.3, -0.25) is 9.78 Å². The highest BCUT2D eigenvalue weighted by Crippen LogP contribution is 2.14. The summed E-state index contributed by atoms with van der Waals surface area (Å²) in [6, 6.07) is 0. The van der Waals surface area contributed by atoms with E-state index in [4.69, 9.17) is 28.7 Å². The largest absolute Gasteiger partial charge is 0.540 e. The minimum absolute atomic E-state index is 0.0521. The lowest BCUT2D eigenvalue weighted by atomic mass is 10.1. The maximum absolute atomic E-state index is 11.4. The van der Waals surface area contributed by atoms with Gasteiger partial charge in [0.2, 0.25) is 0 Å². The van der Waals surface area contributed by atoms with Crippen LogP contribution in [0, 0.1) is 5.92 Å². The summed E-state index contributed by atoms with van der Waals surface area (Å²) in [6.45, 7) is 14.2. The summed E-state index contributed by atoms with van der Waals surface area (Å²) in [5.74, 6) is 0.154. The molecule has 0 bridgehead atoms. The summed E-state index contributed by atoms with van der Waals surface area (Å²) in [6.07, 6.45) is -0.287. The molecule has 10 nitrogen and oxygen atoms in total. The quantitative estimate of drug-likeness (QED) is 0.160. The summed E-state index contributed by atoms with van der Waals surface area (Å²) in [5.41, 5.74) is -1.16. The highest BCUT2D eigenvalue weighted by Gasteiger charge is 2.20. The molecule has 0 heterocycles. The number of hydrogen-bond donors (Lipinski definition) is 0. The van der Waals surface area contributed by atoms with Gasteiger partial charge >= 0.3 is 12.3 Å². The second-order valence-corrected chi connectivity index (χ2v) is 8.18. The molecule has 0 radical (unpaired) electrons. The maximum atomic E-state index is 11.4. The van der Waals surface area contributed by atoms with Gasteiger partial charge in [-0.25, -0.2) is 9.59 Å². The molecule has 0 aromatic carbocycles. The van der Waals surface area contributed by atoms with Crippen molar-refractivity contribution in [1.82, 2.24) is 0 Å². The number of carbonyl (C=O) groups is 2. The Morgan fingerprint density at radius 2 is 1.20 bits per heavy atom. The van der Waals surface area contributed by atoms with E-state index in [0.29, 0.717) is 19.6 Å². The van der Waals surface area contributed by atoms with E-state index in [1.54, 1.807) is 34.6 Å². The molecule has 0 saturated heterocycles. The zero-order chi connectivity index (χ0) is 23.0. The van der Waals surface area contributed by atoms with Gasteiger partial charge in [-0.05, 0) is 47.5 Å². The van der Waals surface area contributed by atoms with Gasteiger partial charge < -0.3 is 18.9 Å². The van der Waals surface area contributed by atoms with Crippen molar-refractivity contribution in [2.45, 2.75) is 72.5 Å². The standard InChI is InChI=1S/C20H38O10/c1-8-16(14-23-10-12-25-17(21)27-29-19(3,4)5)15-24-11-13-26-18(22)28-30-20(6,7)9-2/h16H,8-15H2,1-7H3. The Hall–Kier alpha value is -1.62. The van der Waals surface area contributed by atoms with Gasteiger partial charge in [-0.15, -0.1) is 0 Å². The lowest BCUT2D eigenvalue weighted by Crippen LogP contribution is -2.26. The number of rotatable bonds is 15. The highest BCUT2D eigenvalue weighted by molar-refractivity contribution is 5.59. The molecule has 0 fully saturated rings. The van der Waals surface area contributed by atoms with Crippen LogP contribution in [0.3, 0.4) is 0 Å². The van der Waals surface area contributed by atoms with Crippen molar-refractivity contribution in [2.24, 2.45) is 5.92 Å². The van der Waals surface area contributed by atoms with Crippen LogP contribution < -0.4 is 0 Å². The lowest BCUT2D eigenvalue weighted by molar-refractivity contribution is -0.317. The second kappa shape index (κ2) is 15.2. The van der Waals surface area contributed by atoms with E-state index in [1.165, 1.54) is 0 Å². The fourth-order valence-corrected chi connectivity index (χ4v) is 1.56. The molecule has 10 heteroatoms. The van der Waals surface area contributed by atoms with Crippen molar-refractivity contribution in [3.63, 3.8) is 0 Å². The van der Waals surface area contributed by atoms with E-state index < -0.39 is 23.5 Å². The molecule has 0 spiro atoms. The van der Waals surface area contributed by atoms with Crippen LogP contribution in [0.2, 0.25) is 0 Å². The molecule has 0 aliphatic rings. The Kier molecular flexibility index (Phi) is 14.4. The first-order valence-electron chi connectivity index (χ1n) is 10.2. The SMILES string of the molecule is CCC(COCCOC(=O)OOC(C)(C)C)COCCOC(=O)OOC(C)(C)CC. The van der Waals surface area contributed by atoms with E-state index in [-0.39, 0.29) is 32.3 Å². The van der Waals surface area contributed by atoms with Crippen molar-refractivity contribution in [2.75, 3.05) is 39.6 Å². The van der Waals surface area contributed by atoms with Crippen molar-refractivity contribution in [3.05, 3.63) is 0 Å². The zero-order valence-electron chi connectivity index (χ0n) is 19.3. The van der Waals surface area contributed by atoms with E-state index in [1.807, 2.05) is 13.8 Å². The number of hydrogen-bond acceptors (Lipinski definition) is 10. The average molecular weight is 439 g/mol. The van der Waals surface area contributed by atoms with Crippen LogP contribution >= 0.6 is 0 Å². The third-order valence-electron chi connectivity index (χ3n) is 3.73. The molecule has 0 amide bonds. The minimum atomic E-state index is -0.911. The molecule has 0 saturated carbocycles. The zero-order valence-corrected chi connectivity index (χ0v) is 19.3. The molecule has 178 valence electrons. The van der Waals surface area contributed by atoms with Gasteiger partial charge in [0.15, 0.2) is 0 Å². The van der Waals surface area contributed by atoms with Crippen LogP contribution in [-0.2, 0) is 38.5 Å². The Morgan fingerprint density at radius 1 is 0.733 bits per heavy atom. The summed E-state index contributed by atoms with van der Waals surface area (Å²) in [5, 5.41) is 0. The first kappa shape index (κ1) is 28.4. The molecule has 0 aliphatic heterocycles. The van der Waals surface area contributed by atoms with Crippen LogP contribution in [0.4, 0.5) is 9.59 Å². The molecule has 0 aromatic rings. The first-order chi connectivity index (χ1) is 14.0. The predicted molar refractivity (Wildman–Crippen MR) is 107 cm³/mol. The van der Waals surface area contributed by atoms with Crippen LogP contribution in [-0.4, -0.2) is 63.2 Å². The summed E-state index contributed by atoms with van der Waals surface area (Å²) in [4.78, 5) is 41.6. The molecule has 30 heavy (non-hydrogen) atoms. The predicted octanol–water partition coefficient (Wildman–Crippen LogP) is 4.20. The Labute approximate surface area is 179 Å². The van der Waals surface area contributed by atoms with Crippen molar-refractivity contribution in [3.8, 4) is 0 Å². The van der Waals surface area contributed by atoms with Crippen molar-refractivity contribution >= 4 is 12.3 Å². The van der Waals surface area contributed by atoms with Gasteiger partial charge in [0, 0.05) is 5.92 Å². The lowest BCUT2D eigenvalue weighted by Gasteiger charge is -2.20. The molecule has 0 rings (SSSR count).